The van der Waals surface area contributed by atoms with Crippen molar-refractivity contribution in [2.75, 3.05) is 6.61 Å². The molecule has 0 aliphatic rings. The molecule has 0 saturated carbocycles. The maximum atomic E-state index is 11.8. The molecule has 112 valence electrons. The van der Waals surface area contributed by atoms with Crippen molar-refractivity contribution >= 4 is 11.7 Å². The van der Waals surface area contributed by atoms with Crippen LogP contribution in [-0.4, -0.2) is 24.3 Å². The van der Waals surface area contributed by atoms with E-state index in [-0.39, 0.29) is 24.2 Å². The second kappa shape index (κ2) is 7.44. The smallest absolute Gasteiger partial charge is 0.258 e. The number of carbonyl (C=O) groups excluding carboxylic acids is 2. The minimum atomic E-state index is -0.507. The molecule has 1 unspecified atom stereocenters. The number of aryl methyl sites for hydroxylation is 1. The fourth-order valence-electron chi connectivity index (χ4n) is 1.92. The van der Waals surface area contributed by atoms with Crippen LogP contribution in [0.1, 0.15) is 31.9 Å². The summed E-state index contributed by atoms with van der Waals surface area (Å²) in [5, 5.41) is 11.5. The highest BCUT2D eigenvalue weighted by atomic mass is 16.5. The Hall–Kier alpha value is -2.35. The number of hydrogen-bond donors (Lipinski definition) is 1. The van der Waals surface area contributed by atoms with Crippen molar-refractivity contribution in [3.63, 3.8) is 0 Å². The molecule has 1 atom stereocenters. The number of carbonyl (C=O) groups is 2. The minimum Gasteiger partial charge on any atom is -0.483 e. The van der Waals surface area contributed by atoms with Crippen molar-refractivity contribution < 1.29 is 14.3 Å². The third kappa shape index (κ3) is 4.92. The van der Waals surface area contributed by atoms with Gasteiger partial charge in [0.15, 0.2) is 12.4 Å². The molecule has 1 rings (SSSR count). The SMILES string of the molecule is CC(=O)C(NC(=O)COc1cc(C#N)ccc1C)C(C)C. The second-order valence-electron chi connectivity index (χ2n) is 5.28. The highest BCUT2D eigenvalue weighted by Gasteiger charge is 2.20. The van der Waals surface area contributed by atoms with Gasteiger partial charge in [-0.2, -0.15) is 5.26 Å². The lowest BCUT2D eigenvalue weighted by atomic mass is 10.0. The van der Waals surface area contributed by atoms with E-state index in [4.69, 9.17) is 10.00 Å². The molecule has 0 aromatic heterocycles. The van der Waals surface area contributed by atoms with E-state index in [9.17, 15) is 9.59 Å². The van der Waals surface area contributed by atoms with Crippen LogP contribution in [0, 0.1) is 24.2 Å². The summed E-state index contributed by atoms with van der Waals surface area (Å²) in [5.74, 6) is 0.0786. The number of nitrogens with one attached hydrogen (secondary N) is 1. The Morgan fingerprint density at radius 1 is 1.38 bits per heavy atom. The number of Topliss-reactive ketones (excluding diaryl/α,β-unsaturated/α-hetero) is 1. The van der Waals surface area contributed by atoms with Gasteiger partial charge in [0.25, 0.3) is 5.91 Å². The molecular weight excluding hydrogens is 268 g/mol. The van der Waals surface area contributed by atoms with Crippen molar-refractivity contribution in [3.8, 4) is 11.8 Å². The molecule has 1 aromatic carbocycles. The first-order chi connectivity index (χ1) is 9.85. The molecule has 0 aliphatic heterocycles. The first-order valence-electron chi connectivity index (χ1n) is 6.78. The first kappa shape index (κ1) is 16.7. The zero-order valence-corrected chi connectivity index (χ0v) is 12.8. The van der Waals surface area contributed by atoms with E-state index in [2.05, 4.69) is 5.32 Å². The van der Waals surface area contributed by atoms with E-state index in [0.717, 1.165) is 5.56 Å². The molecule has 1 aromatic rings. The zero-order chi connectivity index (χ0) is 16.0. The average Bonchev–Trinajstić information content (AvgIpc) is 2.43. The van der Waals surface area contributed by atoms with E-state index in [1.807, 2.05) is 26.8 Å². The molecule has 0 fully saturated rings. The van der Waals surface area contributed by atoms with Crippen molar-refractivity contribution in [2.45, 2.75) is 33.7 Å². The van der Waals surface area contributed by atoms with Gasteiger partial charge < -0.3 is 10.1 Å². The predicted molar refractivity (Wildman–Crippen MR) is 78.8 cm³/mol. The van der Waals surface area contributed by atoms with Crippen molar-refractivity contribution in [2.24, 2.45) is 5.92 Å². The number of ketones is 1. The summed E-state index contributed by atoms with van der Waals surface area (Å²) >= 11 is 0. The van der Waals surface area contributed by atoms with Gasteiger partial charge in [-0.15, -0.1) is 0 Å². The molecule has 0 spiro atoms. The third-order valence-corrected chi connectivity index (χ3v) is 3.10. The maximum Gasteiger partial charge on any atom is 0.258 e. The molecule has 0 bridgehead atoms. The van der Waals surface area contributed by atoms with Crippen LogP contribution in [0.15, 0.2) is 18.2 Å². The summed E-state index contributed by atoms with van der Waals surface area (Å²) in [6, 6.07) is 6.55. The lowest BCUT2D eigenvalue weighted by molar-refractivity contribution is -0.129. The minimum absolute atomic E-state index is 0.0232. The Kier molecular flexibility index (Phi) is 5.92. The van der Waals surface area contributed by atoms with Crippen molar-refractivity contribution in [3.05, 3.63) is 29.3 Å². The number of nitriles is 1. The Labute approximate surface area is 124 Å². The number of benzene rings is 1. The molecule has 5 nitrogen and oxygen atoms in total. The van der Waals surface area contributed by atoms with Crippen LogP contribution in [0.2, 0.25) is 0 Å². The Morgan fingerprint density at radius 3 is 2.57 bits per heavy atom. The van der Waals surface area contributed by atoms with Gasteiger partial charge in [0.05, 0.1) is 17.7 Å². The van der Waals surface area contributed by atoms with Gasteiger partial charge in [0.2, 0.25) is 0 Å². The van der Waals surface area contributed by atoms with E-state index in [1.54, 1.807) is 18.2 Å². The molecule has 0 aliphatic carbocycles. The lowest BCUT2D eigenvalue weighted by Crippen LogP contribution is -2.45. The van der Waals surface area contributed by atoms with E-state index >= 15 is 0 Å². The fourth-order valence-corrected chi connectivity index (χ4v) is 1.92. The molecular formula is C16H20N2O3. The topological polar surface area (TPSA) is 79.2 Å². The second-order valence-corrected chi connectivity index (χ2v) is 5.28. The van der Waals surface area contributed by atoms with E-state index < -0.39 is 6.04 Å². The first-order valence-corrected chi connectivity index (χ1v) is 6.78. The van der Waals surface area contributed by atoms with Gasteiger partial charge in [-0.25, -0.2) is 0 Å². The standard InChI is InChI=1S/C16H20N2O3/c1-10(2)16(12(4)19)18-15(20)9-21-14-7-13(8-17)6-5-11(14)3/h5-7,10,16H,9H2,1-4H3,(H,18,20). The molecule has 0 radical (unpaired) electrons. The quantitative estimate of drug-likeness (QED) is 0.868. The van der Waals surface area contributed by atoms with Crippen LogP contribution in [-0.2, 0) is 9.59 Å². The van der Waals surface area contributed by atoms with E-state index in [0.29, 0.717) is 11.3 Å². The van der Waals surface area contributed by atoms with Crippen LogP contribution in [0.4, 0.5) is 0 Å². The normalized spacial score (nSPS) is 11.6. The zero-order valence-electron chi connectivity index (χ0n) is 12.8. The number of amides is 1. The summed E-state index contributed by atoms with van der Waals surface area (Å²) < 4.78 is 5.43. The Morgan fingerprint density at radius 2 is 2.05 bits per heavy atom. The maximum absolute atomic E-state index is 11.8. The van der Waals surface area contributed by atoms with Gasteiger partial charge in [0, 0.05) is 0 Å². The summed E-state index contributed by atoms with van der Waals surface area (Å²) in [5.41, 5.74) is 1.31. The van der Waals surface area contributed by atoms with Crippen molar-refractivity contribution in [1.29, 1.82) is 5.26 Å². The van der Waals surface area contributed by atoms with Crippen LogP contribution in [0.3, 0.4) is 0 Å². The number of hydrogen-bond acceptors (Lipinski definition) is 4. The molecule has 0 saturated heterocycles. The average molecular weight is 288 g/mol. The summed E-state index contributed by atoms with van der Waals surface area (Å²) in [6.07, 6.45) is 0. The van der Waals surface area contributed by atoms with E-state index in [1.165, 1.54) is 6.92 Å². The summed E-state index contributed by atoms with van der Waals surface area (Å²) in [6.45, 7) is 6.83. The Balaban J connectivity index is 2.65. The molecule has 1 amide bonds. The van der Waals surface area contributed by atoms with Gasteiger partial charge in [-0.1, -0.05) is 19.9 Å². The van der Waals surface area contributed by atoms with Crippen LogP contribution in [0.5, 0.6) is 5.75 Å². The third-order valence-electron chi connectivity index (χ3n) is 3.10. The van der Waals surface area contributed by atoms with Gasteiger partial charge >= 0.3 is 0 Å². The predicted octanol–water partition coefficient (Wildman–Crippen LogP) is 1.98. The molecule has 0 heterocycles. The molecule has 21 heavy (non-hydrogen) atoms. The number of ether oxygens (including phenoxy) is 1. The number of rotatable bonds is 6. The summed E-state index contributed by atoms with van der Waals surface area (Å²) in [4.78, 5) is 23.3. The van der Waals surface area contributed by atoms with Gasteiger partial charge in [-0.3, -0.25) is 9.59 Å². The number of nitrogens with zero attached hydrogens (tertiary/aromatic N) is 1. The highest BCUT2D eigenvalue weighted by molar-refractivity contribution is 5.88. The lowest BCUT2D eigenvalue weighted by Gasteiger charge is -2.19. The van der Waals surface area contributed by atoms with Crippen LogP contribution < -0.4 is 10.1 Å². The van der Waals surface area contributed by atoms with Gasteiger partial charge in [0.1, 0.15) is 5.75 Å². The van der Waals surface area contributed by atoms with Gasteiger partial charge in [-0.05, 0) is 37.5 Å². The highest BCUT2D eigenvalue weighted by Crippen LogP contribution is 2.19. The summed E-state index contributed by atoms with van der Waals surface area (Å²) in [7, 11) is 0. The molecule has 5 heteroatoms. The monoisotopic (exact) mass is 288 g/mol. The largest absolute Gasteiger partial charge is 0.483 e. The van der Waals surface area contributed by atoms with Crippen molar-refractivity contribution in [1.82, 2.24) is 5.32 Å². The fraction of sp³-hybridized carbons (Fsp3) is 0.438. The van der Waals surface area contributed by atoms with Crippen LogP contribution >= 0.6 is 0 Å². The molecule has 1 N–H and O–H groups in total. The Bertz CT molecular complexity index is 573. The van der Waals surface area contributed by atoms with Crippen LogP contribution in [0.25, 0.3) is 0 Å².